The van der Waals surface area contributed by atoms with Crippen LogP contribution in [0.4, 0.5) is 0 Å². The summed E-state index contributed by atoms with van der Waals surface area (Å²) in [6.45, 7) is 5.04. The Morgan fingerprint density at radius 1 is 1.43 bits per heavy atom. The molecule has 0 radical (unpaired) electrons. The van der Waals surface area contributed by atoms with E-state index in [9.17, 15) is 0 Å². The maximum Gasteiger partial charge on any atom is 0.119 e. The van der Waals surface area contributed by atoms with Crippen LogP contribution in [0.25, 0.3) is 0 Å². The van der Waals surface area contributed by atoms with E-state index in [2.05, 4.69) is 31.3 Å². The molecule has 14 heavy (non-hydrogen) atoms. The highest BCUT2D eigenvalue weighted by Gasteiger charge is 2.02. The number of hydrogen-bond acceptors (Lipinski definition) is 2. The Bertz CT molecular complexity index is 273. The van der Waals surface area contributed by atoms with Crippen molar-refractivity contribution in [3.63, 3.8) is 0 Å². The van der Waals surface area contributed by atoms with Gasteiger partial charge in [-0.05, 0) is 38.1 Å². The molecule has 0 saturated heterocycles. The summed E-state index contributed by atoms with van der Waals surface area (Å²) in [5.74, 6) is 0.964. The van der Waals surface area contributed by atoms with Crippen molar-refractivity contribution in [3.8, 4) is 5.75 Å². The van der Waals surface area contributed by atoms with Gasteiger partial charge in [-0.25, -0.2) is 0 Å². The molecule has 1 N–H and O–H groups in total. The van der Waals surface area contributed by atoms with Gasteiger partial charge >= 0.3 is 0 Å². The van der Waals surface area contributed by atoms with Crippen LogP contribution in [0.1, 0.15) is 31.9 Å². The van der Waals surface area contributed by atoms with Gasteiger partial charge in [0, 0.05) is 6.04 Å². The number of nitrogens with one attached hydrogen (secondary N) is 1. The highest BCUT2D eigenvalue weighted by Crippen LogP contribution is 2.18. The molecule has 0 aliphatic rings. The first kappa shape index (κ1) is 11.1. The Kier molecular flexibility index (Phi) is 4.47. The van der Waals surface area contributed by atoms with Gasteiger partial charge in [-0.15, -0.1) is 0 Å². The van der Waals surface area contributed by atoms with Gasteiger partial charge in [0.2, 0.25) is 0 Å². The maximum absolute atomic E-state index is 5.56. The molecule has 0 spiro atoms. The fraction of sp³-hybridized carbons (Fsp3) is 0.500. The summed E-state index contributed by atoms with van der Waals surface area (Å²) in [6, 6.07) is 8.62. The van der Waals surface area contributed by atoms with Gasteiger partial charge in [-0.2, -0.15) is 0 Å². The molecule has 1 aromatic carbocycles. The molecule has 2 nitrogen and oxygen atoms in total. The standard InChI is InChI=1S/C12H19NO/c1-4-8-14-12-7-5-6-11(9-12)10(2)13-3/h5-7,9-10,13H,4,8H2,1-3H3/t10-/m0/s1. The normalized spacial score (nSPS) is 12.5. The number of rotatable bonds is 5. The van der Waals surface area contributed by atoms with Crippen LogP contribution in [0.3, 0.4) is 0 Å². The second kappa shape index (κ2) is 5.66. The van der Waals surface area contributed by atoms with Gasteiger partial charge in [-0.1, -0.05) is 19.1 Å². The van der Waals surface area contributed by atoms with Crippen LogP contribution in [0.15, 0.2) is 24.3 Å². The molecule has 0 amide bonds. The molecule has 1 aromatic rings. The molecule has 1 atom stereocenters. The summed E-state index contributed by atoms with van der Waals surface area (Å²) in [7, 11) is 1.96. The Morgan fingerprint density at radius 3 is 2.86 bits per heavy atom. The van der Waals surface area contributed by atoms with Crippen LogP contribution in [0.5, 0.6) is 5.75 Å². The molecule has 0 unspecified atom stereocenters. The van der Waals surface area contributed by atoms with Crippen molar-refractivity contribution in [1.29, 1.82) is 0 Å². The van der Waals surface area contributed by atoms with Crippen LogP contribution in [0, 0.1) is 0 Å². The average Bonchev–Trinajstić information content (AvgIpc) is 2.25. The molecular formula is C12H19NO. The van der Waals surface area contributed by atoms with E-state index in [0.29, 0.717) is 6.04 Å². The minimum absolute atomic E-state index is 0.375. The summed E-state index contributed by atoms with van der Waals surface area (Å²) in [4.78, 5) is 0. The van der Waals surface area contributed by atoms with Crippen molar-refractivity contribution < 1.29 is 4.74 Å². The number of ether oxygens (including phenoxy) is 1. The van der Waals surface area contributed by atoms with E-state index in [1.54, 1.807) is 0 Å². The zero-order valence-electron chi connectivity index (χ0n) is 9.21. The molecule has 0 aliphatic heterocycles. The monoisotopic (exact) mass is 193 g/mol. The molecule has 0 fully saturated rings. The minimum atomic E-state index is 0.375. The molecule has 0 saturated carbocycles. The minimum Gasteiger partial charge on any atom is -0.494 e. The van der Waals surface area contributed by atoms with E-state index in [4.69, 9.17) is 4.74 Å². The first-order valence-corrected chi connectivity index (χ1v) is 5.18. The van der Waals surface area contributed by atoms with Crippen LogP contribution < -0.4 is 10.1 Å². The molecule has 0 heterocycles. The van der Waals surface area contributed by atoms with Crippen molar-refractivity contribution in [2.24, 2.45) is 0 Å². The molecular weight excluding hydrogens is 174 g/mol. The molecule has 2 heteroatoms. The lowest BCUT2D eigenvalue weighted by Gasteiger charge is -2.12. The first-order chi connectivity index (χ1) is 6.77. The van der Waals surface area contributed by atoms with Gasteiger partial charge < -0.3 is 10.1 Å². The molecule has 0 bridgehead atoms. The second-order valence-corrected chi connectivity index (χ2v) is 3.43. The zero-order valence-corrected chi connectivity index (χ0v) is 9.21. The quantitative estimate of drug-likeness (QED) is 0.776. The van der Waals surface area contributed by atoms with E-state index >= 15 is 0 Å². The summed E-state index contributed by atoms with van der Waals surface area (Å²) in [6.07, 6.45) is 1.05. The topological polar surface area (TPSA) is 21.3 Å². The lowest BCUT2D eigenvalue weighted by atomic mass is 10.1. The lowest BCUT2D eigenvalue weighted by molar-refractivity contribution is 0.317. The average molecular weight is 193 g/mol. The van der Waals surface area contributed by atoms with Gasteiger partial charge in [-0.3, -0.25) is 0 Å². The van der Waals surface area contributed by atoms with E-state index in [-0.39, 0.29) is 0 Å². The third-order valence-corrected chi connectivity index (χ3v) is 2.26. The second-order valence-electron chi connectivity index (χ2n) is 3.43. The van der Waals surface area contributed by atoms with E-state index < -0.39 is 0 Å². The number of hydrogen-bond donors (Lipinski definition) is 1. The van der Waals surface area contributed by atoms with Gasteiger partial charge in [0.1, 0.15) is 5.75 Å². The number of benzene rings is 1. The van der Waals surface area contributed by atoms with Crippen molar-refractivity contribution in [2.75, 3.05) is 13.7 Å². The first-order valence-electron chi connectivity index (χ1n) is 5.18. The van der Waals surface area contributed by atoms with E-state index in [1.165, 1.54) is 5.56 Å². The third-order valence-electron chi connectivity index (χ3n) is 2.26. The largest absolute Gasteiger partial charge is 0.494 e. The lowest BCUT2D eigenvalue weighted by Crippen LogP contribution is -2.12. The summed E-state index contributed by atoms with van der Waals surface area (Å²) in [5.41, 5.74) is 1.26. The highest BCUT2D eigenvalue weighted by atomic mass is 16.5. The summed E-state index contributed by atoms with van der Waals surface area (Å²) < 4.78 is 5.56. The fourth-order valence-corrected chi connectivity index (χ4v) is 1.26. The smallest absolute Gasteiger partial charge is 0.119 e. The molecule has 0 aliphatic carbocycles. The fourth-order valence-electron chi connectivity index (χ4n) is 1.26. The summed E-state index contributed by atoms with van der Waals surface area (Å²) >= 11 is 0. The SMILES string of the molecule is CCCOc1cccc([C@H](C)NC)c1. The Labute approximate surface area is 86.3 Å². The van der Waals surface area contributed by atoms with Crippen LogP contribution in [0.2, 0.25) is 0 Å². The molecule has 1 rings (SSSR count). The maximum atomic E-state index is 5.56. The van der Waals surface area contributed by atoms with Crippen LogP contribution in [-0.2, 0) is 0 Å². The predicted molar refractivity (Wildman–Crippen MR) is 59.7 cm³/mol. The highest BCUT2D eigenvalue weighted by molar-refractivity contribution is 5.30. The Hall–Kier alpha value is -1.02. The van der Waals surface area contributed by atoms with Crippen molar-refractivity contribution >= 4 is 0 Å². The van der Waals surface area contributed by atoms with E-state index in [1.807, 2.05) is 19.2 Å². The Balaban J connectivity index is 2.68. The van der Waals surface area contributed by atoms with E-state index in [0.717, 1.165) is 18.8 Å². The van der Waals surface area contributed by atoms with Crippen LogP contribution in [-0.4, -0.2) is 13.7 Å². The van der Waals surface area contributed by atoms with Crippen molar-refractivity contribution in [1.82, 2.24) is 5.32 Å². The van der Waals surface area contributed by atoms with Gasteiger partial charge in [0.05, 0.1) is 6.61 Å². The predicted octanol–water partition coefficient (Wildman–Crippen LogP) is 2.76. The summed E-state index contributed by atoms with van der Waals surface area (Å²) in [5, 5.41) is 3.21. The third kappa shape index (κ3) is 3.04. The Morgan fingerprint density at radius 2 is 2.21 bits per heavy atom. The van der Waals surface area contributed by atoms with Crippen molar-refractivity contribution in [2.45, 2.75) is 26.3 Å². The van der Waals surface area contributed by atoms with Gasteiger partial charge in [0.15, 0.2) is 0 Å². The molecule has 0 aromatic heterocycles. The zero-order chi connectivity index (χ0) is 10.4. The molecule has 78 valence electrons. The van der Waals surface area contributed by atoms with Crippen LogP contribution >= 0.6 is 0 Å². The van der Waals surface area contributed by atoms with Gasteiger partial charge in [0.25, 0.3) is 0 Å². The van der Waals surface area contributed by atoms with Crippen molar-refractivity contribution in [3.05, 3.63) is 29.8 Å².